The fraction of sp³-hybridized carbons (Fsp3) is 0.524. The van der Waals surface area contributed by atoms with Crippen molar-refractivity contribution in [3.05, 3.63) is 50.8 Å². The Kier molecular flexibility index (Phi) is 8.92. The summed E-state index contributed by atoms with van der Waals surface area (Å²) in [4.78, 5) is 41.6. The molecule has 11 nitrogen and oxygen atoms in total. The van der Waals surface area contributed by atoms with Crippen LogP contribution in [0.1, 0.15) is 26.2 Å². The Hall–Kier alpha value is -2.83. The molecule has 0 bridgehead atoms. The molecule has 12 heteroatoms. The van der Waals surface area contributed by atoms with Crippen LogP contribution in [-0.4, -0.2) is 69.1 Å². The van der Waals surface area contributed by atoms with Crippen LogP contribution in [0.4, 0.5) is 0 Å². The van der Waals surface area contributed by atoms with E-state index in [-0.39, 0.29) is 29.9 Å². The van der Waals surface area contributed by atoms with Gasteiger partial charge in [-0.15, -0.1) is 10.1 Å². The molecule has 1 heterocycles. The van der Waals surface area contributed by atoms with Crippen molar-refractivity contribution in [3.8, 4) is 5.75 Å². The molecule has 0 spiro atoms. The summed E-state index contributed by atoms with van der Waals surface area (Å²) >= 11 is 1.28. The third kappa shape index (κ3) is 7.34. The number of benzene rings is 1. The summed E-state index contributed by atoms with van der Waals surface area (Å²) in [6.07, 6.45) is 0.874. The number of aliphatic hydroxyl groups excluding tert-OH is 1. The molecule has 180 valence electrons. The number of ether oxygens (including phenoxy) is 1. The molecule has 1 amide bonds. The standard InChI is InChI=1S/C21H28N4O7S/c1-14(26)24(33-20-7-3-6-19(20)32-25(29)30)11-10-22-12-15(27)13-31-18-5-2-4-17-16(18)8-9-21(28)23-17/h2,4-5,8-9,15,19-20,22,27H,3,6-7,10-13H2,1H3,(H,23,28)/t15?,19-,20-/m1/s1. The average Bonchev–Trinajstić information content (AvgIpc) is 3.19. The van der Waals surface area contributed by atoms with Crippen LogP contribution in [0.2, 0.25) is 0 Å². The first kappa shape index (κ1) is 24.8. The van der Waals surface area contributed by atoms with Crippen LogP contribution >= 0.6 is 11.9 Å². The van der Waals surface area contributed by atoms with Gasteiger partial charge in [-0.2, -0.15) is 0 Å². The van der Waals surface area contributed by atoms with Crippen LogP contribution in [0.3, 0.4) is 0 Å². The van der Waals surface area contributed by atoms with E-state index < -0.39 is 17.3 Å². The van der Waals surface area contributed by atoms with Gasteiger partial charge in [0.15, 0.2) is 0 Å². The van der Waals surface area contributed by atoms with Crippen LogP contribution in [0.25, 0.3) is 10.9 Å². The predicted octanol–water partition coefficient (Wildman–Crippen LogP) is 1.48. The predicted molar refractivity (Wildman–Crippen MR) is 123 cm³/mol. The molecule has 33 heavy (non-hydrogen) atoms. The van der Waals surface area contributed by atoms with Crippen LogP contribution in [0, 0.1) is 10.1 Å². The largest absolute Gasteiger partial charge is 0.490 e. The molecule has 0 radical (unpaired) electrons. The first-order chi connectivity index (χ1) is 15.8. The summed E-state index contributed by atoms with van der Waals surface area (Å²) in [5.74, 6) is 0.413. The second-order valence-corrected chi connectivity index (χ2v) is 9.03. The molecule has 1 aliphatic rings. The Labute approximate surface area is 194 Å². The maximum absolute atomic E-state index is 12.0. The highest BCUT2D eigenvalue weighted by Crippen LogP contribution is 2.34. The van der Waals surface area contributed by atoms with Crippen molar-refractivity contribution >= 4 is 28.8 Å². The molecule has 2 aromatic rings. The third-order valence-corrected chi connectivity index (χ3v) is 6.76. The molecule has 1 aromatic heterocycles. The molecule has 0 aliphatic heterocycles. The van der Waals surface area contributed by atoms with Gasteiger partial charge in [-0.1, -0.05) is 6.07 Å². The monoisotopic (exact) mass is 480 g/mol. The van der Waals surface area contributed by atoms with Gasteiger partial charge in [0.25, 0.3) is 5.09 Å². The quantitative estimate of drug-likeness (QED) is 0.178. The van der Waals surface area contributed by atoms with Gasteiger partial charge >= 0.3 is 0 Å². The Morgan fingerprint density at radius 1 is 1.39 bits per heavy atom. The number of rotatable bonds is 12. The van der Waals surface area contributed by atoms with Crippen molar-refractivity contribution in [2.45, 2.75) is 43.6 Å². The summed E-state index contributed by atoms with van der Waals surface area (Å²) in [5.41, 5.74) is 0.456. The summed E-state index contributed by atoms with van der Waals surface area (Å²) in [7, 11) is 0. The van der Waals surface area contributed by atoms with Crippen LogP contribution < -0.4 is 15.6 Å². The molecule has 1 unspecified atom stereocenters. The zero-order valence-electron chi connectivity index (χ0n) is 18.3. The highest BCUT2D eigenvalue weighted by molar-refractivity contribution is 7.98. The van der Waals surface area contributed by atoms with E-state index in [0.29, 0.717) is 30.8 Å². The van der Waals surface area contributed by atoms with E-state index in [2.05, 4.69) is 10.3 Å². The topological polar surface area (TPSA) is 147 Å². The van der Waals surface area contributed by atoms with Crippen molar-refractivity contribution < 1.29 is 24.6 Å². The Morgan fingerprint density at radius 2 is 2.21 bits per heavy atom. The number of hydrogen-bond donors (Lipinski definition) is 3. The number of hydrogen-bond acceptors (Lipinski definition) is 9. The minimum atomic E-state index is -0.783. The van der Waals surface area contributed by atoms with E-state index >= 15 is 0 Å². The maximum atomic E-state index is 12.0. The van der Waals surface area contributed by atoms with Gasteiger partial charge in [-0.3, -0.25) is 13.9 Å². The number of nitrogens with zero attached hydrogens (tertiary/aromatic N) is 2. The highest BCUT2D eigenvalue weighted by atomic mass is 32.2. The van der Waals surface area contributed by atoms with Crippen LogP contribution in [-0.2, 0) is 9.63 Å². The lowest BCUT2D eigenvalue weighted by Crippen LogP contribution is -2.38. The SMILES string of the molecule is CC(=O)N(CCNCC(O)COc1cccc2[nH]c(=O)ccc12)S[C@@H]1CCC[C@H]1O[N+](=O)[O-]. The number of amides is 1. The average molecular weight is 481 g/mol. The lowest BCUT2D eigenvalue weighted by molar-refractivity contribution is -0.767. The van der Waals surface area contributed by atoms with Crippen molar-refractivity contribution in [1.29, 1.82) is 0 Å². The number of H-pyrrole nitrogens is 1. The van der Waals surface area contributed by atoms with Gasteiger partial charge in [0.1, 0.15) is 24.6 Å². The smallest absolute Gasteiger partial charge is 0.294 e. The Morgan fingerprint density at radius 3 is 2.97 bits per heavy atom. The minimum absolute atomic E-state index is 0.0540. The molecule has 1 aliphatic carbocycles. The molecule has 3 atom stereocenters. The fourth-order valence-electron chi connectivity index (χ4n) is 3.67. The van der Waals surface area contributed by atoms with Gasteiger partial charge in [-0.05, 0) is 49.4 Å². The van der Waals surface area contributed by atoms with Crippen LogP contribution in [0.5, 0.6) is 5.75 Å². The van der Waals surface area contributed by atoms with Gasteiger partial charge in [0.2, 0.25) is 11.5 Å². The van der Waals surface area contributed by atoms with E-state index in [4.69, 9.17) is 9.57 Å². The van der Waals surface area contributed by atoms with Gasteiger partial charge in [0.05, 0.1) is 10.8 Å². The minimum Gasteiger partial charge on any atom is -0.490 e. The zero-order chi connectivity index (χ0) is 23.8. The number of pyridine rings is 1. The van der Waals surface area contributed by atoms with E-state index in [9.17, 15) is 24.8 Å². The number of nitrogens with one attached hydrogen (secondary N) is 2. The Balaban J connectivity index is 1.41. The summed E-state index contributed by atoms with van der Waals surface area (Å²) in [5, 5.41) is 23.8. The molecule has 1 saturated carbocycles. The third-order valence-electron chi connectivity index (χ3n) is 5.26. The molecular weight excluding hydrogens is 452 g/mol. The Bertz CT molecular complexity index is 1020. The number of aliphatic hydroxyl groups is 1. The molecular formula is C21H28N4O7S. The first-order valence-electron chi connectivity index (χ1n) is 10.7. The molecule has 1 aromatic carbocycles. The van der Waals surface area contributed by atoms with Crippen molar-refractivity contribution in [2.24, 2.45) is 0 Å². The molecule has 0 saturated heterocycles. The summed E-state index contributed by atoms with van der Waals surface area (Å²) < 4.78 is 7.29. The highest BCUT2D eigenvalue weighted by Gasteiger charge is 2.33. The van der Waals surface area contributed by atoms with E-state index in [1.165, 1.54) is 24.9 Å². The van der Waals surface area contributed by atoms with Gasteiger partial charge in [-0.25, -0.2) is 0 Å². The summed E-state index contributed by atoms with van der Waals surface area (Å²) in [6.45, 7) is 2.58. The second kappa shape index (κ2) is 11.9. The number of fused-ring (bicyclic) bond motifs is 1. The van der Waals surface area contributed by atoms with E-state index in [1.807, 2.05) is 0 Å². The fourth-order valence-corrected chi connectivity index (χ4v) is 4.94. The number of aromatic amines is 1. The molecule has 3 N–H and O–H groups in total. The van der Waals surface area contributed by atoms with Crippen molar-refractivity contribution in [2.75, 3.05) is 26.2 Å². The molecule has 1 fully saturated rings. The number of carbonyl (C=O) groups is 1. The maximum Gasteiger partial charge on any atom is 0.294 e. The number of carbonyl (C=O) groups excluding carboxylic acids is 1. The van der Waals surface area contributed by atoms with Gasteiger partial charge in [0, 0.05) is 38.0 Å². The lowest BCUT2D eigenvalue weighted by Gasteiger charge is -2.26. The number of aromatic nitrogens is 1. The zero-order valence-corrected chi connectivity index (χ0v) is 19.1. The van der Waals surface area contributed by atoms with Crippen molar-refractivity contribution in [3.63, 3.8) is 0 Å². The van der Waals surface area contributed by atoms with E-state index in [0.717, 1.165) is 18.2 Å². The van der Waals surface area contributed by atoms with Crippen LogP contribution in [0.15, 0.2) is 35.1 Å². The van der Waals surface area contributed by atoms with Crippen molar-refractivity contribution in [1.82, 2.24) is 14.6 Å². The first-order valence-corrected chi connectivity index (χ1v) is 11.6. The molecule has 3 rings (SSSR count). The van der Waals surface area contributed by atoms with E-state index in [1.54, 1.807) is 28.6 Å². The normalized spacial score (nSPS) is 18.7. The van der Waals surface area contributed by atoms with Gasteiger partial charge < -0.3 is 25.0 Å². The second-order valence-electron chi connectivity index (χ2n) is 7.77. The summed E-state index contributed by atoms with van der Waals surface area (Å²) in [6, 6.07) is 8.40. The lowest BCUT2D eigenvalue weighted by atomic mass is 10.2.